The van der Waals surface area contributed by atoms with E-state index in [0.29, 0.717) is 31.8 Å². The molecule has 4 nitrogen and oxygen atoms in total. The van der Waals surface area contributed by atoms with Gasteiger partial charge in [-0.25, -0.2) is 4.79 Å². The van der Waals surface area contributed by atoms with Gasteiger partial charge in [-0.15, -0.1) is 0 Å². The number of carboxylic acid groups (broad SMARTS) is 1. The van der Waals surface area contributed by atoms with Crippen LogP contribution in [0, 0.1) is 0 Å². The Morgan fingerprint density at radius 3 is 2.61 bits per heavy atom. The molecule has 0 aliphatic rings. The average Bonchev–Trinajstić information content (AvgIpc) is 2.38. The first-order chi connectivity index (χ1) is 8.74. The second-order valence-corrected chi connectivity index (χ2v) is 3.62. The summed E-state index contributed by atoms with van der Waals surface area (Å²) in [7, 11) is 0. The van der Waals surface area contributed by atoms with Crippen LogP contribution in [0.25, 0.3) is 0 Å². The van der Waals surface area contributed by atoms with Crippen molar-refractivity contribution in [1.29, 1.82) is 0 Å². The van der Waals surface area contributed by atoms with Gasteiger partial charge < -0.3 is 14.6 Å². The molecule has 0 radical (unpaired) electrons. The zero-order valence-electron chi connectivity index (χ0n) is 10.5. The van der Waals surface area contributed by atoms with Crippen LogP contribution in [0.15, 0.2) is 42.0 Å². The predicted molar refractivity (Wildman–Crippen MR) is 68.8 cm³/mol. The standard InChI is InChI=1S/C14H18O4/c1-2-12(14(15)16)8-9-17-10-11-18-13-6-4-3-5-7-13/h3-8H,2,9-11H2,1H3,(H,15,16). The van der Waals surface area contributed by atoms with Crippen molar-refractivity contribution in [3.8, 4) is 5.75 Å². The number of para-hydroxylation sites is 1. The normalized spacial score (nSPS) is 11.3. The minimum Gasteiger partial charge on any atom is -0.491 e. The van der Waals surface area contributed by atoms with Crippen LogP contribution in [0.5, 0.6) is 5.75 Å². The first-order valence-corrected chi connectivity index (χ1v) is 5.92. The van der Waals surface area contributed by atoms with Gasteiger partial charge in [-0.2, -0.15) is 0 Å². The highest BCUT2D eigenvalue weighted by Gasteiger charge is 2.02. The van der Waals surface area contributed by atoms with Crippen molar-refractivity contribution in [2.45, 2.75) is 13.3 Å². The highest BCUT2D eigenvalue weighted by molar-refractivity contribution is 5.86. The molecular formula is C14H18O4. The highest BCUT2D eigenvalue weighted by atomic mass is 16.5. The Bertz CT molecular complexity index is 384. The molecule has 0 saturated carbocycles. The number of benzene rings is 1. The fourth-order valence-electron chi connectivity index (χ4n) is 1.36. The van der Waals surface area contributed by atoms with Crippen LogP contribution in [-0.2, 0) is 9.53 Å². The lowest BCUT2D eigenvalue weighted by atomic mass is 10.2. The van der Waals surface area contributed by atoms with Crippen LogP contribution in [0.2, 0.25) is 0 Å². The first kappa shape index (κ1) is 14.3. The second kappa shape index (κ2) is 8.31. The van der Waals surface area contributed by atoms with E-state index in [1.807, 2.05) is 30.3 Å². The molecule has 1 aromatic rings. The molecule has 0 aliphatic heterocycles. The fraction of sp³-hybridized carbons (Fsp3) is 0.357. The zero-order chi connectivity index (χ0) is 13.2. The van der Waals surface area contributed by atoms with Crippen molar-refractivity contribution < 1.29 is 19.4 Å². The third kappa shape index (κ3) is 5.50. The summed E-state index contributed by atoms with van der Waals surface area (Å²) in [5.74, 6) is -0.0851. The number of ether oxygens (including phenoxy) is 2. The SMILES string of the molecule is CCC(=CCOCCOc1ccccc1)C(=O)O. The number of rotatable bonds is 8. The van der Waals surface area contributed by atoms with E-state index in [1.165, 1.54) is 0 Å². The number of aliphatic carboxylic acids is 1. The quantitative estimate of drug-likeness (QED) is 0.569. The van der Waals surface area contributed by atoms with Gasteiger partial charge in [0.2, 0.25) is 0 Å². The Morgan fingerprint density at radius 2 is 2.00 bits per heavy atom. The lowest BCUT2D eigenvalue weighted by Gasteiger charge is -2.05. The topological polar surface area (TPSA) is 55.8 Å². The van der Waals surface area contributed by atoms with Gasteiger partial charge in [-0.05, 0) is 24.6 Å². The van der Waals surface area contributed by atoms with Crippen LogP contribution < -0.4 is 4.74 Å². The van der Waals surface area contributed by atoms with Gasteiger partial charge in [0.1, 0.15) is 12.4 Å². The summed E-state index contributed by atoms with van der Waals surface area (Å²) in [6, 6.07) is 9.48. The zero-order valence-corrected chi connectivity index (χ0v) is 10.5. The molecule has 0 heterocycles. The second-order valence-electron chi connectivity index (χ2n) is 3.62. The Kier molecular flexibility index (Phi) is 6.58. The smallest absolute Gasteiger partial charge is 0.331 e. The lowest BCUT2D eigenvalue weighted by Crippen LogP contribution is -2.08. The summed E-state index contributed by atoms with van der Waals surface area (Å²) < 4.78 is 10.7. The van der Waals surface area contributed by atoms with Gasteiger partial charge >= 0.3 is 5.97 Å². The maximum absolute atomic E-state index is 10.7. The highest BCUT2D eigenvalue weighted by Crippen LogP contribution is 2.07. The van der Waals surface area contributed by atoms with E-state index in [9.17, 15) is 4.79 Å². The van der Waals surface area contributed by atoms with Gasteiger partial charge in [0.05, 0.1) is 13.2 Å². The maximum Gasteiger partial charge on any atom is 0.331 e. The largest absolute Gasteiger partial charge is 0.491 e. The molecule has 18 heavy (non-hydrogen) atoms. The van der Waals surface area contributed by atoms with Crippen molar-refractivity contribution in [2.24, 2.45) is 0 Å². The average molecular weight is 250 g/mol. The molecule has 98 valence electrons. The van der Waals surface area contributed by atoms with Gasteiger partial charge in [0, 0.05) is 5.57 Å². The molecule has 0 atom stereocenters. The molecule has 1 aromatic carbocycles. The fourth-order valence-corrected chi connectivity index (χ4v) is 1.36. The van der Waals surface area contributed by atoms with Crippen molar-refractivity contribution in [3.05, 3.63) is 42.0 Å². The molecule has 0 spiro atoms. The maximum atomic E-state index is 10.7. The number of carboxylic acids is 1. The Morgan fingerprint density at radius 1 is 1.28 bits per heavy atom. The molecule has 0 amide bonds. The van der Waals surface area contributed by atoms with Gasteiger partial charge in [-0.1, -0.05) is 25.1 Å². The Balaban J connectivity index is 2.14. The van der Waals surface area contributed by atoms with Crippen LogP contribution in [0.3, 0.4) is 0 Å². The summed E-state index contributed by atoms with van der Waals surface area (Å²) in [6.45, 7) is 2.99. The third-order valence-electron chi connectivity index (χ3n) is 2.34. The Hall–Kier alpha value is -1.81. The number of hydrogen-bond acceptors (Lipinski definition) is 3. The molecule has 0 bridgehead atoms. The lowest BCUT2D eigenvalue weighted by molar-refractivity contribution is -0.132. The summed E-state index contributed by atoms with van der Waals surface area (Å²) in [5.41, 5.74) is 0.374. The molecule has 1 rings (SSSR count). The van der Waals surface area contributed by atoms with Gasteiger partial charge in [0.15, 0.2) is 0 Å². The van der Waals surface area contributed by atoms with E-state index in [2.05, 4.69) is 0 Å². The minimum absolute atomic E-state index is 0.299. The number of hydrogen-bond donors (Lipinski definition) is 1. The summed E-state index contributed by atoms with van der Waals surface area (Å²) in [4.78, 5) is 10.7. The molecule has 0 saturated heterocycles. The van der Waals surface area contributed by atoms with Crippen molar-refractivity contribution >= 4 is 5.97 Å². The van der Waals surface area contributed by atoms with Crippen molar-refractivity contribution in [3.63, 3.8) is 0 Å². The molecule has 0 aromatic heterocycles. The monoisotopic (exact) mass is 250 g/mol. The summed E-state index contributed by atoms with van der Waals surface area (Å²) in [5, 5.41) is 8.78. The van der Waals surface area contributed by atoms with Crippen LogP contribution in [-0.4, -0.2) is 30.9 Å². The Labute approximate surface area is 107 Å². The van der Waals surface area contributed by atoms with Crippen LogP contribution in [0.1, 0.15) is 13.3 Å². The van der Waals surface area contributed by atoms with E-state index >= 15 is 0 Å². The molecule has 0 unspecified atom stereocenters. The molecule has 0 aliphatic carbocycles. The number of carbonyl (C=O) groups is 1. The summed E-state index contributed by atoms with van der Waals surface area (Å²) >= 11 is 0. The van der Waals surface area contributed by atoms with E-state index in [0.717, 1.165) is 5.75 Å². The van der Waals surface area contributed by atoms with Crippen LogP contribution in [0.4, 0.5) is 0 Å². The summed E-state index contributed by atoms with van der Waals surface area (Å²) in [6.07, 6.45) is 2.09. The van der Waals surface area contributed by atoms with E-state index in [-0.39, 0.29) is 0 Å². The molecule has 1 N–H and O–H groups in total. The third-order valence-corrected chi connectivity index (χ3v) is 2.34. The molecular weight excluding hydrogens is 232 g/mol. The first-order valence-electron chi connectivity index (χ1n) is 5.92. The molecule has 4 heteroatoms. The van der Waals surface area contributed by atoms with Crippen LogP contribution >= 0.6 is 0 Å². The van der Waals surface area contributed by atoms with E-state index in [1.54, 1.807) is 13.0 Å². The van der Waals surface area contributed by atoms with E-state index < -0.39 is 5.97 Å². The van der Waals surface area contributed by atoms with Crippen molar-refractivity contribution in [1.82, 2.24) is 0 Å². The molecule has 0 fully saturated rings. The van der Waals surface area contributed by atoms with Gasteiger partial charge in [-0.3, -0.25) is 0 Å². The van der Waals surface area contributed by atoms with E-state index in [4.69, 9.17) is 14.6 Å². The minimum atomic E-state index is -0.887. The van der Waals surface area contributed by atoms with Gasteiger partial charge in [0.25, 0.3) is 0 Å². The van der Waals surface area contributed by atoms with Crippen molar-refractivity contribution in [2.75, 3.05) is 19.8 Å². The predicted octanol–water partition coefficient (Wildman–Crippen LogP) is 2.50.